The molecule has 0 spiro atoms. The molecule has 0 aliphatic heterocycles. The topological polar surface area (TPSA) is 23.5 Å². The van der Waals surface area contributed by atoms with Crippen molar-refractivity contribution in [3.8, 4) is 0 Å². The number of rotatable bonds is 17. The van der Waals surface area contributed by atoms with E-state index in [-0.39, 0.29) is 0 Å². The highest BCUT2D eigenvalue weighted by molar-refractivity contribution is 6.35. The van der Waals surface area contributed by atoms with Gasteiger partial charge in [0.25, 0.3) is 0 Å². The van der Waals surface area contributed by atoms with Gasteiger partial charge in [0.05, 0.1) is 6.10 Å². The number of halogens is 2. The molecule has 28 heavy (non-hydrogen) atoms. The zero-order valence-electron chi connectivity index (χ0n) is 18.1. The van der Waals surface area contributed by atoms with Crippen molar-refractivity contribution in [2.45, 2.75) is 97.0 Å². The van der Waals surface area contributed by atoms with Crippen LogP contribution in [0.1, 0.15) is 103 Å². The van der Waals surface area contributed by atoms with Gasteiger partial charge in [-0.25, -0.2) is 0 Å². The Kier molecular flexibility index (Phi) is 15.2. The molecule has 2 nitrogen and oxygen atoms in total. The van der Waals surface area contributed by atoms with Crippen LogP contribution in [0.15, 0.2) is 18.2 Å². The normalized spacial score (nSPS) is 12.6. The van der Waals surface area contributed by atoms with Crippen LogP contribution < -0.4 is 0 Å². The predicted molar refractivity (Wildman–Crippen MR) is 125 cm³/mol. The third-order valence-corrected chi connectivity index (χ3v) is 5.97. The minimum absolute atomic E-state index is 0.555. The number of aliphatic hydroxyl groups excluding tert-OH is 1. The predicted octanol–water partition coefficient (Wildman–Crippen LogP) is 8.05. The van der Waals surface area contributed by atoms with Gasteiger partial charge < -0.3 is 10.0 Å². The van der Waals surface area contributed by atoms with Gasteiger partial charge in [-0.3, -0.25) is 0 Å². The van der Waals surface area contributed by atoms with Gasteiger partial charge in [-0.1, -0.05) is 107 Å². The highest BCUT2D eigenvalue weighted by Crippen LogP contribution is 2.27. The van der Waals surface area contributed by atoms with Gasteiger partial charge in [0.2, 0.25) is 0 Å². The SMILES string of the molecule is CCCCCCCCN(CCCCCCCC)CC(O)c1ccc(Cl)cc1Cl. The molecule has 0 fully saturated rings. The van der Waals surface area contributed by atoms with Crippen LogP contribution in [0.4, 0.5) is 0 Å². The lowest BCUT2D eigenvalue weighted by Crippen LogP contribution is -2.31. The van der Waals surface area contributed by atoms with E-state index in [2.05, 4.69) is 18.7 Å². The van der Waals surface area contributed by atoms with Gasteiger partial charge in [-0.05, 0) is 38.1 Å². The summed E-state index contributed by atoms with van der Waals surface area (Å²) in [5, 5.41) is 11.9. The average molecular weight is 431 g/mol. The summed E-state index contributed by atoms with van der Waals surface area (Å²) in [5.41, 5.74) is 0.780. The minimum atomic E-state index is -0.565. The molecule has 0 aliphatic carbocycles. The van der Waals surface area contributed by atoms with Crippen LogP contribution in [0, 0.1) is 0 Å². The lowest BCUT2D eigenvalue weighted by atomic mass is 10.1. The molecule has 0 heterocycles. The molecule has 0 aromatic heterocycles. The summed E-state index contributed by atoms with van der Waals surface area (Å²) in [6.45, 7) is 7.27. The Labute approximate surface area is 183 Å². The standard InChI is InChI=1S/C24H41Cl2NO/c1-3-5-7-9-11-13-17-27(18-14-12-10-8-6-4-2)20-24(28)22-16-15-21(25)19-23(22)26/h15-16,19,24,28H,3-14,17-18,20H2,1-2H3. The van der Waals surface area contributed by atoms with Crippen LogP contribution in [-0.2, 0) is 0 Å². The molecule has 0 amide bonds. The molecule has 1 aromatic rings. The number of unbranched alkanes of at least 4 members (excludes halogenated alkanes) is 10. The van der Waals surface area contributed by atoms with Crippen LogP contribution in [-0.4, -0.2) is 29.6 Å². The maximum Gasteiger partial charge on any atom is 0.0931 e. The highest BCUT2D eigenvalue weighted by Gasteiger charge is 2.16. The first-order valence-electron chi connectivity index (χ1n) is 11.4. The van der Waals surface area contributed by atoms with Gasteiger partial charge in [0.1, 0.15) is 0 Å². The molecule has 1 rings (SSSR count). The second kappa shape index (κ2) is 16.5. The minimum Gasteiger partial charge on any atom is -0.387 e. The molecular weight excluding hydrogens is 389 g/mol. The smallest absolute Gasteiger partial charge is 0.0931 e. The summed E-state index contributed by atoms with van der Waals surface area (Å²) in [5.74, 6) is 0. The molecule has 1 atom stereocenters. The second-order valence-corrected chi connectivity index (χ2v) is 8.86. The van der Waals surface area contributed by atoms with Crippen LogP contribution in [0.3, 0.4) is 0 Å². The molecule has 162 valence electrons. The summed E-state index contributed by atoms with van der Waals surface area (Å²) in [6.07, 6.45) is 15.0. The van der Waals surface area contributed by atoms with E-state index in [1.807, 2.05) is 6.07 Å². The Morgan fingerprint density at radius 2 is 1.29 bits per heavy atom. The first-order chi connectivity index (χ1) is 13.6. The number of hydrogen-bond acceptors (Lipinski definition) is 2. The number of benzene rings is 1. The van der Waals surface area contributed by atoms with Crippen LogP contribution in [0.5, 0.6) is 0 Å². The fourth-order valence-corrected chi connectivity index (χ4v) is 4.17. The van der Waals surface area contributed by atoms with Crippen molar-refractivity contribution >= 4 is 23.2 Å². The maximum absolute atomic E-state index is 10.7. The number of nitrogens with zero attached hydrogens (tertiary/aromatic N) is 1. The fraction of sp³-hybridized carbons (Fsp3) is 0.750. The van der Waals surface area contributed by atoms with Crippen LogP contribution in [0.25, 0.3) is 0 Å². The highest BCUT2D eigenvalue weighted by atomic mass is 35.5. The Morgan fingerprint density at radius 3 is 1.79 bits per heavy atom. The quantitative estimate of drug-likeness (QED) is 0.253. The summed E-state index contributed by atoms with van der Waals surface area (Å²) in [6, 6.07) is 5.37. The van der Waals surface area contributed by atoms with Crippen molar-refractivity contribution in [2.75, 3.05) is 19.6 Å². The van der Waals surface area contributed by atoms with E-state index in [4.69, 9.17) is 23.2 Å². The summed E-state index contributed by atoms with van der Waals surface area (Å²) in [4.78, 5) is 2.43. The molecule has 0 aliphatic rings. The third kappa shape index (κ3) is 11.7. The molecular formula is C24H41Cl2NO. The Balaban J connectivity index is 2.47. The molecule has 4 heteroatoms. The molecule has 0 bridgehead atoms. The number of hydrogen-bond donors (Lipinski definition) is 1. The zero-order valence-corrected chi connectivity index (χ0v) is 19.6. The Hall–Kier alpha value is -0.280. The summed E-state index contributed by atoms with van der Waals surface area (Å²) >= 11 is 12.3. The first kappa shape index (κ1) is 25.8. The van der Waals surface area contributed by atoms with E-state index in [1.54, 1.807) is 12.1 Å². The monoisotopic (exact) mass is 429 g/mol. The van der Waals surface area contributed by atoms with E-state index < -0.39 is 6.10 Å². The van der Waals surface area contributed by atoms with Crippen molar-refractivity contribution in [3.63, 3.8) is 0 Å². The van der Waals surface area contributed by atoms with Crippen molar-refractivity contribution in [1.29, 1.82) is 0 Å². The molecule has 1 aromatic carbocycles. The molecule has 0 saturated heterocycles. The Bertz CT molecular complexity index is 493. The lowest BCUT2D eigenvalue weighted by Gasteiger charge is -2.26. The van der Waals surface area contributed by atoms with Crippen molar-refractivity contribution in [2.24, 2.45) is 0 Å². The van der Waals surface area contributed by atoms with Crippen molar-refractivity contribution in [3.05, 3.63) is 33.8 Å². The summed E-state index contributed by atoms with van der Waals surface area (Å²) < 4.78 is 0. The zero-order chi connectivity index (χ0) is 20.6. The van der Waals surface area contributed by atoms with E-state index in [9.17, 15) is 5.11 Å². The Morgan fingerprint density at radius 1 is 0.786 bits per heavy atom. The van der Waals surface area contributed by atoms with Crippen molar-refractivity contribution < 1.29 is 5.11 Å². The van der Waals surface area contributed by atoms with Crippen LogP contribution >= 0.6 is 23.2 Å². The van der Waals surface area contributed by atoms with E-state index in [0.717, 1.165) is 18.7 Å². The molecule has 1 N–H and O–H groups in total. The maximum atomic E-state index is 10.7. The average Bonchev–Trinajstić information content (AvgIpc) is 2.66. The molecule has 0 saturated carbocycles. The number of aliphatic hydroxyl groups is 1. The van der Waals surface area contributed by atoms with E-state index in [1.165, 1.54) is 77.0 Å². The van der Waals surface area contributed by atoms with E-state index in [0.29, 0.717) is 16.6 Å². The largest absolute Gasteiger partial charge is 0.387 e. The van der Waals surface area contributed by atoms with Gasteiger partial charge in [0, 0.05) is 22.2 Å². The second-order valence-electron chi connectivity index (χ2n) is 8.02. The van der Waals surface area contributed by atoms with Gasteiger partial charge in [-0.15, -0.1) is 0 Å². The molecule has 0 radical (unpaired) electrons. The molecule has 1 unspecified atom stereocenters. The first-order valence-corrected chi connectivity index (χ1v) is 12.2. The lowest BCUT2D eigenvalue weighted by molar-refractivity contribution is 0.110. The van der Waals surface area contributed by atoms with E-state index >= 15 is 0 Å². The van der Waals surface area contributed by atoms with Crippen LogP contribution in [0.2, 0.25) is 10.0 Å². The van der Waals surface area contributed by atoms with Crippen molar-refractivity contribution in [1.82, 2.24) is 4.90 Å². The van der Waals surface area contributed by atoms with Gasteiger partial charge in [0.15, 0.2) is 0 Å². The fourth-order valence-electron chi connectivity index (χ4n) is 3.64. The van der Waals surface area contributed by atoms with Gasteiger partial charge >= 0.3 is 0 Å². The van der Waals surface area contributed by atoms with Gasteiger partial charge in [-0.2, -0.15) is 0 Å². The third-order valence-electron chi connectivity index (χ3n) is 5.41. The summed E-state index contributed by atoms with van der Waals surface area (Å²) in [7, 11) is 0.